The largest absolute Gasteiger partial charge is 0.434 e. The third-order valence-electron chi connectivity index (χ3n) is 8.23. The maximum absolute atomic E-state index is 12.6. The van der Waals surface area contributed by atoms with Gasteiger partial charge >= 0.3 is 6.09 Å². The number of carbonyl (C=O) groups excluding carboxylic acids is 4. The summed E-state index contributed by atoms with van der Waals surface area (Å²) in [7, 11) is 0. The van der Waals surface area contributed by atoms with E-state index in [-0.39, 0.29) is 18.7 Å². The maximum Gasteiger partial charge on any atom is 0.434 e. The van der Waals surface area contributed by atoms with E-state index in [1.807, 2.05) is 4.90 Å². The van der Waals surface area contributed by atoms with Gasteiger partial charge in [-0.15, -0.1) is 5.06 Å². The van der Waals surface area contributed by atoms with Gasteiger partial charge in [0.2, 0.25) is 5.91 Å². The molecule has 4 saturated heterocycles. The van der Waals surface area contributed by atoms with Gasteiger partial charge in [0.05, 0.1) is 0 Å². The summed E-state index contributed by atoms with van der Waals surface area (Å²) in [4.78, 5) is 61.5. The average molecular weight is 512 g/mol. The molecule has 4 amide bonds. The van der Waals surface area contributed by atoms with E-state index < -0.39 is 17.9 Å². The quantitative estimate of drug-likeness (QED) is 0.559. The zero-order valence-electron chi connectivity index (χ0n) is 22.0. The second kappa shape index (κ2) is 10.3. The molecule has 200 valence electrons. The van der Waals surface area contributed by atoms with Crippen LogP contribution in [0.3, 0.4) is 0 Å². The van der Waals surface area contributed by atoms with Crippen molar-refractivity contribution in [3.8, 4) is 0 Å². The molecule has 2 atom stereocenters. The molecule has 4 heterocycles. The molecule has 1 aromatic carbocycles. The maximum atomic E-state index is 12.6. The number of amides is 4. The number of likely N-dealkylation sites (tertiary alicyclic amines) is 2. The highest BCUT2D eigenvalue weighted by Gasteiger charge is 2.43. The summed E-state index contributed by atoms with van der Waals surface area (Å²) in [5.74, 6) is 0.354. The lowest BCUT2D eigenvalue weighted by Crippen LogP contribution is -2.48. The Balaban J connectivity index is 1.21. The van der Waals surface area contributed by atoms with E-state index in [0.717, 1.165) is 45.8 Å². The van der Waals surface area contributed by atoms with Gasteiger partial charge in [0.25, 0.3) is 11.8 Å². The van der Waals surface area contributed by atoms with E-state index in [9.17, 15) is 19.2 Å². The molecule has 2 unspecified atom stereocenters. The minimum absolute atomic E-state index is 0.0961. The molecule has 0 aliphatic carbocycles. The molecule has 10 nitrogen and oxygen atoms in total. The zero-order valence-corrected chi connectivity index (χ0v) is 22.0. The fourth-order valence-electron chi connectivity index (χ4n) is 6.03. The summed E-state index contributed by atoms with van der Waals surface area (Å²) < 4.78 is 0. The van der Waals surface area contributed by atoms with Crippen LogP contribution in [0.15, 0.2) is 18.2 Å². The summed E-state index contributed by atoms with van der Waals surface area (Å²) >= 11 is 0. The molecule has 10 heteroatoms. The van der Waals surface area contributed by atoms with Crippen LogP contribution in [0.1, 0.15) is 50.7 Å². The normalized spacial score (nSPS) is 24.4. The zero-order chi connectivity index (χ0) is 26.3. The van der Waals surface area contributed by atoms with E-state index >= 15 is 0 Å². The molecule has 0 N–H and O–H groups in total. The van der Waals surface area contributed by atoms with Crippen molar-refractivity contribution in [3.63, 3.8) is 0 Å². The highest BCUT2D eigenvalue weighted by atomic mass is 16.7. The number of anilines is 1. The number of rotatable bonds is 5. The van der Waals surface area contributed by atoms with Crippen molar-refractivity contribution in [2.45, 2.75) is 46.1 Å². The number of carbonyl (C=O) groups is 4. The second-order valence-electron chi connectivity index (χ2n) is 11.1. The van der Waals surface area contributed by atoms with Crippen LogP contribution in [0.25, 0.3) is 0 Å². The van der Waals surface area contributed by atoms with Crippen LogP contribution in [-0.4, -0.2) is 95.9 Å². The Labute approximate surface area is 218 Å². The molecule has 0 spiro atoms. The van der Waals surface area contributed by atoms with Crippen LogP contribution in [0.5, 0.6) is 0 Å². The van der Waals surface area contributed by atoms with Gasteiger partial charge < -0.3 is 19.5 Å². The third kappa shape index (κ3) is 5.30. The minimum atomic E-state index is -0.610. The van der Waals surface area contributed by atoms with Gasteiger partial charge in [-0.05, 0) is 34.9 Å². The molecule has 0 aromatic heterocycles. The number of piperazine rings is 1. The molecule has 0 bridgehead atoms. The molecule has 4 aliphatic rings. The summed E-state index contributed by atoms with van der Waals surface area (Å²) in [5, 5.41) is 0.626. The minimum Gasteiger partial charge on any atom is -0.368 e. The van der Waals surface area contributed by atoms with E-state index in [1.165, 1.54) is 16.8 Å². The van der Waals surface area contributed by atoms with E-state index in [4.69, 9.17) is 4.84 Å². The smallest absolute Gasteiger partial charge is 0.368 e. The topological polar surface area (TPSA) is 93.7 Å². The van der Waals surface area contributed by atoms with Crippen LogP contribution in [0, 0.1) is 11.8 Å². The summed E-state index contributed by atoms with van der Waals surface area (Å²) in [6.45, 7) is 13.0. The number of hydroxylamine groups is 2. The van der Waals surface area contributed by atoms with Crippen molar-refractivity contribution in [2.75, 3.05) is 57.3 Å². The van der Waals surface area contributed by atoms with Crippen LogP contribution >= 0.6 is 0 Å². The van der Waals surface area contributed by atoms with Crippen LogP contribution < -0.4 is 4.90 Å². The Hall–Kier alpha value is -3.14. The van der Waals surface area contributed by atoms with Crippen LogP contribution in [-0.2, 0) is 25.8 Å². The lowest BCUT2D eigenvalue weighted by atomic mass is 9.99. The van der Waals surface area contributed by atoms with Gasteiger partial charge in [0.15, 0.2) is 0 Å². The number of nitrogens with zero attached hydrogens (tertiary/aromatic N) is 5. The Morgan fingerprint density at radius 3 is 2.11 bits per heavy atom. The first kappa shape index (κ1) is 25.5. The number of imide groups is 1. The molecule has 4 fully saturated rings. The van der Waals surface area contributed by atoms with Crippen molar-refractivity contribution in [1.29, 1.82) is 0 Å². The molecule has 37 heavy (non-hydrogen) atoms. The first-order valence-corrected chi connectivity index (χ1v) is 13.4. The first-order chi connectivity index (χ1) is 17.7. The molecule has 4 aliphatic heterocycles. The third-order valence-corrected chi connectivity index (χ3v) is 8.23. The van der Waals surface area contributed by atoms with Gasteiger partial charge in [0, 0.05) is 84.4 Å². The monoisotopic (exact) mass is 511 g/mol. The van der Waals surface area contributed by atoms with Gasteiger partial charge in [-0.2, -0.15) is 0 Å². The van der Waals surface area contributed by atoms with Gasteiger partial charge in [0.1, 0.15) is 0 Å². The van der Waals surface area contributed by atoms with Gasteiger partial charge in [-0.3, -0.25) is 19.3 Å². The number of hydrogen-bond acceptors (Lipinski definition) is 7. The summed E-state index contributed by atoms with van der Waals surface area (Å²) in [6.07, 6.45) is -0.418. The predicted octanol–water partition coefficient (Wildman–Crippen LogP) is 2.04. The van der Waals surface area contributed by atoms with Crippen molar-refractivity contribution >= 4 is 29.5 Å². The lowest BCUT2D eigenvalue weighted by Gasteiger charge is -2.37. The first-order valence-electron chi connectivity index (χ1n) is 13.4. The van der Waals surface area contributed by atoms with E-state index in [1.54, 1.807) is 11.8 Å². The highest BCUT2D eigenvalue weighted by molar-refractivity contribution is 6.01. The molecule has 0 radical (unpaired) electrons. The van der Waals surface area contributed by atoms with Crippen molar-refractivity contribution in [3.05, 3.63) is 29.3 Å². The van der Waals surface area contributed by atoms with Gasteiger partial charge in [-0.1, -0.05) is 26.0 Å². The highest BCUT2D eigenvalue weighted by Crippen LogP contribution is 2.35. The summed E-state index contributed by atoms with van der Waals surface area (Å²) in [5.41, 5.74) is 3.87. The van der Waals surface area contributed by atoms with Crippen LogP contribution in [0.2, 0.25) is 0 Å². The molecule has 0 saturated carbocycles. The Morgan fingerprint density at radius 1 is 0.919 bits per heavy atom. The lowest BCUT2D eigenvalue weighted by molar-refractivity contribution is -0.173. The Bertz CT molecular complexity index is 1050. The average Bonchev–Trinajstić information content (AvgIpc) is 3.53. The molecular weight excluding hydrogens is 474 g/mol. The standard InChI is InChI=1S/C27H37N5O5/c1-18(2)20-4-5-21(24(12-20)30-10-8-29(9-11-30)19(3)33)13-28-14-22-16-31(17-23(22)15-28)27(36)37-32-25(34)6-7-26(32)35/h4-5,12,18,22-23H,6-11,13-17H2,1-3H3. The number of hydrogen-bond donors (Lipinski definition) is 0. The van der Waals surface area contributed by atoms with E-state index in [0.29, 0.717) is 35.9 Å². The fraction of sp³-hybridized carbons (Fsp3) is 0.630. The van der Waals surface area contributed by atoms with Crippen molar-refractivity contribution < 1.29 is 24.0 Å². The number of benzene rings is 1. The molecule has 5 rings (SSSR count). The summed E-state index contributed by atoms with van der Waals surface area (Å²) in [6, 6.07) is 6.80. The second-order valence-corrected chi connectivity index (χ2v) is 11.1. The van der Waals surface area contributed by atoms with E-state index in [2.05, 4.69) is 41.8 Å². The Kier molecular flexibility index (Phi) is 7.11. The van der Waals surface area contributed by atoms with Crippen molar-refractivity contribution in [2.24, 2.45) is 11.8 Å². The Morgan fingerprint density at radius 2 is 1.54 bits per heavy atom. The van der Waals surface area contributed by atoms with Crippen molar-refractivity contribution in [1.82, 2.24) is 19.8 Å². The van der Waals surface area contributed by atoms with Gasteiger partial charge in [-0.25, -0.2) is 4.79 Å². The number of fused-ring (bicyclic) bond motifs is 1. The van der Waals surface area contributed by atoms with Crippen LogP contribution in [0.4, 0.5) is 10.5 Å². The predicted molar refractivity (Wildman–Crippen MR) is 136 cm³/mol. The SMILES string of the molecule is CC(=O)N1CCN(c2cc(C(C)C)ccc2CN2CC3CN(C(=O)ON4C(=O)CCC4=O)CC3C2)CC1. The fourth-order valence-corrected chi connectivity index (χ4v) is 6.03. The molecular formula is C27H37N5O5. The molecule has 1 aromatic rings.